The third-order valence-corrected chi connectivity index (χ3v) is 5.01. The van der Waals surface area contributed by atoms with E-state index in [1.54, 1.807) is 0 Å². The minimum absolute atomic E-state index is 0.684. The molecular formula is C14H18IN. The first-order chi connectivity index (χ1) is 7.77. The second-order valence-corrected chi connectivity index (χ2v) is 6.60. The van der Waals surface area contributed by atoms with Crippen LogP contribution in [0.4, 0.5) is 5.69 Å². The zero-order valence-corrected chi connectivity index (χ0v) is 11.7. The summed E-state index contributed by atoms with van der Waals surface area (Å²) < 4.78 is 1.33. The highest BCUT2D eigenvalue weighted by atomic mass is 127. The van der Waals surface area contributed by atoms with Gasteiger partial charge >= 0.3 is 0 Å². The van der Waals surface area contributed by atoms with Crippen molar-refractivity contribution in [3.8, 4) is 0 Å². The molecule has 2 fully saturated rings. The lowest BCUT2D eigenvalue weighted by atomic mass is 9.86. The van der Waals surface area contributed by atoms with Crippen molar-refractivity contribution in [2.24, 2.45) is 5.41 Å². The van der Waals surface area contributed by atoms with E-state index in [2.05, 4.69) is 51.8 Å². The Morgan fingerprint density at radius 2 is 1.69 bits per heavy atom. The van der Waals surface area contributed by atoms with Crippen LogP contribution in [0.1, 0.15) is 32.1 Å². The average Bonchev–Trinajstić information content (AvgIpc) is 2.91. The fraction of sp³-hybridized carbons (Fsp3) is 0.571. The smallest absolute Gasteiger partial charge is 0.0367 e. The lowest BCUT2D eigenvalue weighted by Gasteiger charge is -2.24. The summed E-state index contributed by atoms with van der Waals surface area (Å²) in [7, 11) is 0. The van der Waals surface area contributed by atoms with Crippen molar-refractivity contribution in [1.29, 1.82) is 0 Å². The molecule has 1 heterocycles. The summed E-state index contributed by atoms with van der Waals surface area (Å²) in [4.78, 5) is 2.58. The molecule has 1 nitrogen and oxygen atoms in total. The van der Waals surface area contributed by atoms with Gasteiger partial charge in [-0.3, -0.25) is 0 Å². The molecule has 1 aromatic carbocycles. The Morgan fingerprint density at radius 1 is 1.00 bits per heavy atom. The minimum Gasteiger partial charge on any atom is -0.371 e. The van der Waals surface area contributed by atoms with E-state index < -0.39 is 0 Å². The predicted molar refractivity (Wildman–Crippen MR) is 76.9 cm³/mol. The molecule has 1 aliphatic carbocycles. The van der Waals surface area contributed by atoms with Crippen molar-refractivity contribution in [3.05, 3.63) is 27.8 Å². The summed E-state index contributed by atoms with van der Waals surface area (Å²) in [5.74, 6) is 0. The normalized spacial score (nSPS) is 23.2. The molecule has 0 aromatic heterocycles. The van der Waals surface area contributed by atoms with Crippen LogP contribution >= 0.6 is 22.6 Å². The van der Waals surface area contributed by atoms with Crippen LogP contribution in [0.5, 0.6) is 0 Å². The highest BCUT2D eigenvalue weighted by molar-refractivity contribution is 14.1. The molecule has 1 saturated heterocycles. The van der Waals surface area contributed by atoms with Crippen LogP contribution in [0.25, 0.3) is 0 Å². The highest BCUT2D eigenvalue weighted by Gasteiger charge is 2.40. The first-order valence-corrected chi connectivity index (χ1v) is 7.36. The summed E-state index contributed by atoms with van der Waals surface area (Å²) in [6.45, 7) is 2.56. The van der Waals surface area contributed by atoms with Crippen LogP contribution in [0, 0.1) is 8.99 Å². The van der Waals surface area contributed by atoms with Gasteiger partial charge in [-0.1, -0.05) is 12.8 Å². The minimum atomic E-state index is 0.684. The lowest BCUT2D eigenvalue weighted by molar-refractivity contribution is 0.341. The van der Waals surface area contributed by atoms with Gasteiger partial charge in [0, 0.05) is 22.3 Å². The molecule has 86 valence electrons. The van der Waals surface area contributed by atoms with Crippen LogP contribution in [0.15, 0.2) is 24.3 Å². The van der Waals surface area contributed by atoms with E-state index >= 15 is 0 Å². The van der Waals surface area contributed by atoms with E-state index in [4.69, 9.17) is 0 Å². The first kappa shape index (κ1) is 10.9. The molecule has 1 saturated carbocycles. The van der Waals surface area contributed by atoms with Gasteiger partial charge in [-0.2, -0.15) is 0 Å². The molecule has 1 aromatic rings. The van der Waals surface area contributed by atoms with Gasteiger partial charge in [0.05, 0.1) is 0 Å². The highest BCUT2D eigenvalue weighted by Crippen LogP contribution is 2.46. The fourth-order valence-electron chi connectivity index (χ4n) is 3.34. The standard InChI is InChI=1S/C14H18IN/c15-12-3-5-13(6-4-12)16-10-9-14(11-16)7-1-2-8-14/h3-6H,1-2,7-11H2. The van der Waals surface area contributed by atoms with Crippen molar-refractivity contribution in [1.82, 2.24) is 0 Å². The number of hydrogen-bond donors (Lipinski definition) is 0. The molecule has 2 aliphatic rings. The average molecular weight is 327 g/mol. The number of halogens is 1. The third kappa shape index (κ3) is 1.96. The van der Waals surface area contributed by atoms with E-state index in [9.17, 15) is 0 Å². The second kappa shape index (κ2) is 4.21. The van der Waals surface area contributed by atoms with Crippen molar-refractivity contribution in [2.45, 2.75) is 32.1 Å². The summed E-state index contributed by atoms with van der Waals surface area (Å²) >= 11 is 2.37. The largest absolute Gasteiger partial charge is 0.371 e. The van der Waals surface area contributed by atoms with E-state index in [1.165, 1.54) is 54.5 Å². The number of anilines is 1. The molecule has 2 heteroatoms. The molecule has 1 spiro atoms. The molecule has 0 unspecified atom stereocenters. The number of nitrogens with zero attached hydrogens (tertiary/aromatic N) is 1. The molecule has 0 radical (unpaired) electrons. The van der Waals surface area contributed by atoms with Crippen LogP contribution in [0.3, 0.4) is 0 Å². The van der Waals surface area contributed by atoms with Crippen LogP contribution in [-0.2, 0) is 0 Å². The maximum atomic E-state index is 2.58. The predicted octanol–water partition coefficient (Wildman–Crippen LogP) is 4.06. The summed E-state index contributed by atoms with van der Waals surface area (Å²) in [5, 5.41) is 0. The topological polar surface area (TPSA) is 3.24 Å². The molecule has 0 amide bonds. The molecule has 0 atom stereocenters. The Balaban J connectivity index is 1.75. The third-order valence-electron chi connectivity index (χ3n) is 4.29. The SMILES string of the molecule is Ic1ccc(N2CCC3(CCCC3)C2)cc1. The van der Waals surface area contributed by atoms with E-state index in [-0.39, 0.29) is 0 Å². The Bertz CT molecular complexity index is 365. The van der Waals surface area contributed by atoms with Crippen molar-refractivity contribution >= 4 is 28.3 Å². The summed E-state index contributed by atoms with van der Waals surface area (Å²) in [5.41, 5.74) is 2.10. The van der Waals surface area contributed by atoms with Crippen LogP contribution in [-0.4, -0.2) is 13.1 Å². The Morgan fingerprint density at radius 3 is 2.38 bits per heavy atom. The second-order valence-electron chi connectivity index (χ2n) is 5.36. The van der Waals surface area contributed by atoms with Gasteiger partial charge < -0.3 is 4.90 Å². The van der Waals surface area contributed by atoms with E-state index in [1.807, 2.05) is 0 Å². The van der Waals surface area contributed by atoms with Crippen LogP contribution < -0.4 is 4.90 Å². The number of hydrogen-bond acceptors (Lipinski definition) is 1. The van der Waals surface area contributed by atoms with Gasteiger partial charge in [-0.05, 0) is 71.5 Å². The van der Waals surface area contributed by atoms with Gasteiger partial charge in [0.25, 0.3) is 0 Å². The van der Waals surface area contributed by atoms with E-state index in [0.717, 1.165) is 0 Å². The zero-order valence-electron chi connectivity index (χ0n) is 9.58. The quantitative estimate of drug-likeness (QED) is 0.703. The van der Waals surface area contributed by atoms with E-state index in [0.29, 0.717) is 5.41 Å². The number of benzene rings is 1. The van der Waals surface area contributed by atoms with Gasteiger partial charge in [-0.25, -0.2) is 0 Å². The van der Waals surface area contributed by atoms with Gasteiger partial charge in [-0.15, -0.1) is 0 Å². The van der Waals surface area contributed by atoms with Gasteiger partial charge in [0.2, 0.25) is 0 Å². The summed E-state index contributed by atoms with van der Waals surface area (Å²) in [6.07, 6.45) is 7.27. The molecule has 0 N–H and O–H groups in total. The zero-order chi connectivity index (χ0) is 11.0. The monoisotopic (exact) mass is 327 g/mol. The molecule has 16 heavy (non-hydrogen) atoms. The molecule has 0 bridgehead atoms. The maximum absolute atomic E-state index is 2.58. The first-order valence-electron chi connectivity index (χ1n) is 6.28. The maximum Gasteiger partial charge on any atom is 0.0367 e. The summed E-state index contributed by atoms with van der Waals surface area (Å²) in [6, 6.07) is 8.98. The molecule has 3 rings (SSSR count). The van der Waals surface area contributed by atoms with Crippen molar-refractivity contribution in [2.75, 3.05) is 18.0 Å². The van der Waals surface area contributed by atoms with Crippen LogP contribution in [0.2, 0.25) is 0 Å². The lowest BCUT2D eigenvalue weighted by Crippen LogP contribution is -2.24. The van der Waals surface area contributed by atoms with Crippen molar-refractivity contribution in [3.63, 3.8) is 0 Å². The number of rotatable bonds is 1. The molecule has 1 aliphatic heterocycles. The Labute approximate surface area is 111 Å². The van der Waals surface area contributed by atoms with Crippen molar-refractivity contribution < 1.29 is 0 Å². The Kier molecular flexibility index (Phi) is 2.86. The van der Waals surface area contributed by atoms with Gasteiger partial charge in [0.15, 0.2) is 0 Å². The fourth-order valence-corrected chi connectivity index (χ4v) is 3.70. The van der Waals surface area contributed by atoms with Gasteiger partial charge in [0.1, 0.15) is 0 Å². The Hall–Kier alpha value is -0.250. The molecular weight excluding hydrogens is 309 g/mol.